The average molecular weight is 204 g/mol. The van der Waals surface area contributed by atoms with Crippen LogP contribution in [0, 0.1) is 5.92 Å². The van der Waals surface area contributed by atoms with Gasteiger partial charge in [-0.2, -0.15) is 0 Å². The summed E-state index contributed by atoms with van der Waals surface area (Å²) in [6.45, 7) is 0.101. The van der Waals surface area contributed by atoms with Gasteiger partial charge in [0.25, 0.3) is 0 Å². The molecule has 1 N–H and O–H groups in total. The lowest BCUT2D eigenvalue weighted by molar-refractivity contribution is 0.343. The summed E-state index contributed by atoms with van der Waals surface area (Å²) in [7, 11) is 1.68. The molecular formula is C13H16O2. The molecule has 0 saturated heterocycles. The Kier molecular flexibility index (Phi) is 3.07. The molecule has 1 aromatic carbocycles. The zero-order chi connectivity index (χ0) is 10.7. The quantitative estimate of drug-likeness (QED) is 0.816. The minimum atomic E-state index is 0.101. The summed E-state index contributed by atoms with van der Waals surface area (Å²) in [4.78, 5) is 0. The van der Waals surface area contributed by atoms with Crippen LogP contribution in [0.1, 0.15) is 18.4 Å². The Morgan fingerprint density at radius 1 is 1.47 bits per heavy atom. The van der Waals surface area contributed by atoms with Gasteiger partial charge in [0.2, 0.25) is 0 Å². The van der Waals surface area contributed by atoms with Crippen molar-refractivity contribution < 1.29 is 9.84 Å². The van der Waals surface area contributed by atoms with Crippen molar-refractivity contribution in [3.63, 3.8) is 0 Å². The van der Waals surface area contributed by atoms with Crippen molar-refractivity contribution in [2.24, 2.45) is 5.92 Å². The van der Waals surface area contributed by atoms with Gasteiger partial charge in [-0.1, -0.05) is 24.3 Å². The van der Waals surface area contributed by atoms with Crippen LogP contribution in [0.4, 0.5) is 0 Å². The van der Waals surface area contributed by atoms with E-state index in [1.165, 1.54) is 18.4 Å². The number of allylic oxidation sites excluding steroid dienone is 1. The normalized spacial score (nSPS) is 16.5. The van der Waals surface area contributed by atoms with Crippen molar-refractivity contribution in [3.05, 3.63) is 35.9 Å². The molecule has 0 unspecified atom stereocenters. The molecule has 1 fully saturated rings. The van der Waals surface area contributed by atoms with E-state index in [0.29, 0.717) is 5.92 Å². The van der Waals surface area contributed by atoms with Crippen LogP contribution in [0.25, 0.3) is 5.57 Å². The number of hydrogen-bond acceptors (Lipinski definition) is 2. The molecule has 1 aliphatic rings. The third-order valence-corrected chi connectivity index (χ3v) is 2.75. The second kappa shape index (κ2) is 4.49. The Bertz CT molecular complexity index is 365. The fraction of sp³-hybridized carbons (Fsp3) is 0.385. The molecule has 80 valence electrons. The average Bonchev–Trinajstić information content (AvgIpc) is 3.10. The fourth-order valence-corrected chi connectivity index (χ4v) is 1.87. The van der Waals surface area contributed by atoms with Gasteiger partial charge in [0, 0.05) is 5.56 Å². The van der Waals surface area contributed by atoms with E-state index in [4.69, 9.17) is 9.84 Å². The zero-order valence-electron chi connectivity index (χ0n) is 8.94. The van der Waals surface area contributed by atoms with Crippen LogP contribution in [-0.2, 0) is 0 Å². The van der Waals surface area contributed by atoms with Gasteiger partial charge in [-0.3, -0.25) is 0 Å². The molecule has 1 aromatic rings. The summed E-state index contributed by atoms with van der Waals surface area (Å²) in [6, 6.07) is 7.98. The highest BCUT2D eigenvalue weighted by atomic mass is 16.5. The van der Waals surface area contributed by atoms with E-state index < -0.39 is 0 Å². The number of ether oxygens (including phenoxy) is 1. The predicted molar refractivity (Wildman–Crippen MR) is 60.8 cm³/mol. The van der Waals surface area contributed by atoms with Gasteiger partial charge in [-0.15, -0.1) is 0 Å². The SMILES string of the molecule is COc1ccccc1/C(=C\CO)C1CC1. The molecule has 2 heteroatoms. The standard InChI is InChI=1S/C13H16O2/c1-15-13-5-3-2-4-12(13)11(8-9-14)10-6-7-10/h2-5,8,10,14H,6-7,9H2,1H3/b11-8-. The summed E-state index contributed by atoms with van der Waals surface area (Å²) in [5.74, 6) is 1.51. The summed E-state index contributed by atoms with van der Waals surface area (Å²) < 4.78 is 5.33. The second-order valence-electron chi connectivity index (χ2n) is 3.82. The van der Waals surface area contributed by atoms with Crippen LogP contribution in [0.5, 0.6) is 5.75 Å². The molecule has 0 bridgehead atoms. The largest absolute Gasteiger partial charge is 0.496 e. The lowest BCUT2D eigenvalue weighted by Crippen LogP contribution is -1.94. The number of para-hydroxylation sites is 1. The van der Waals surface area contributed by atoms with Crippen LogP contribution in [0.15, 0.2) is 30.3 Å². The van der Waals surface area contributed by atoms with Crippen molar-refractivity contribution in [2.45, 2.75) is 12.8 Å². The first kappa shape index (κ1) is 10.2. The van der Waals surface area contributed by atoms with E-state index in [1.54, 1.807) is 7.11 Å². The zero-order valence-corrected chi connectivity index (χ0v) is 8.94. The van der Waals surface area contributed by atoms with E-state index in [1.807, 2.05) is 24.3 Å². The number of aliphatic hydroxyl groups is 1. The maximum Gasteiger partial charge on any atom is 0.126 e. The number of hydrogen-bond donors (Lipinski definition) is 1. The number of rotatable bonds is 4. The Morgan fingerprint density at radius 3 is 2.80 bits per heavy atom. The minimum Gasteiger partial charge on any atom is -0.496 e. The maximum atomic E-state index is 9.02. The topological polar surface area (TPSA) is 29.5 Å². The highest BCUT2D eigenvalue weighted by molar-refractivity contribution is 5.73. The molecule has 2 nitrogen and oxygen atoms in total. The molecule has 0 aliphatic heterocycles. The fourth-order valence-electron chi connectivity index (χ4n) is 1.87. The Balaban J connectivity index is 2.36. The van der Waals surface area contributed by atoms with Gasteiger partial charge < -0.3 is 9.84 Å². The monoisotopic (exact) mass is 204 g/mol. The minimum absolute atomic E-state index is 0.101. The summed E-state index contributed by atoms with van der Waals surface area (Å²) >= 11 is 0. The first-order valence-electron chi connectivity index (χ1n) is 5.31. The van der Waals surface area contributed by atoms with Gasteiger partial charge >= 0.3 is 0 Å². The van der Waals surface area contributed by atoms with Crippen molar-refractivity contribution in [1.29, 1.82) is 0 Å². The van der Waals surface area contributed by atoms with Crippen molar-refractivity contribution in [3.8, 4) is 5.75 Å². The van der Waals surface area contributed by atoms with Crippen LogP contribution in [-0.4, -0.2) is 18.8 Å². The van der Waals surface area contributed by atoms with Crippen molar-refractivity contribution in [1.82, 2.24) is 0 Å². The second-order valence-corrected chi connectivity index (χ2v) is 3.82. The molecule has 0 heterocycles. The molecule has 0 amide bonds. The first-order chi connectivity index (χ1) is 7.36. The van der Waals surface area contributed by atoms with Gasteiger partial charge in [-0.25, -0.2) is 0 Å². The molecular weight excluding hydrogens is 188 g/mol. The van der Waals surface area contributed by atoms with Crippen LogP contribution in [0.2, 0.25) is 0 Å². The molecule has 1 saturated carbocycles. The maximum absolute atomic E-state index is 9.02. The third kappa shape index (κ3) is 2.21. The molecule has 15 heavy (non-hydrogen) atoms. The van der Waals surface area contributed by atoms with E-state index in [0.717, 1.165) is 11.3 Å². The number of benzene rings is 1. The first-order valence-corrected chi connectivity index (χ1v) is 5.31. The molecule has 1 aliphatic carbocycles. The number of methoxy groups -OCH3 is 1. The lowest BCUT2D eigenvalue weighted by atomic mass is 10.0. The van der Waals surface area contributed by atoms with Crippen molar-refractivity contribution >= 4 is 5.57 Å². The molecule has 0 atom stereocenters. The van der Waals surface area contributed by atoms with Crippen molar-refractivity contribution in [2.75, 3.05) is 13.7 Å². The molecule has 0 spiro atoms. The van der Waals surface area contributed by atoms with E-state index in [-0.39, 0.29) is 6.61 Å². The molecule has 0 aromatic heterocycles. The van der Waals surface area contributed by atoms with Crippen LogP contribution in [0.3, 0.4) is 0 Å². The Morgan fingerprint density at radius 2 is 2.20 bits per heavy atom. The van der Waals surface area contributed by atoms with Crippen LogP contribution >= 0.6 is 0 Å². The Labute approximate surface area is 90.2 Å². The van der Waals surface area contributed by atoms with Gasteiger partial charge in [0.05, 0.1) is 13.7 Å². The molecule has 2 rings (SSSR count). The smallest absolute Gasteiger partial charge is 0.126 e. The van der Waals surface area contributed by atoms with E-state index >= 15 is 0 Å². The van der Waals surface area contributed by atoms with Gasteiger partial charge in [0.15, 0.2) is 0 Å². The predicted octanol–water partition coefficient (Wildman–Crippen LogP) is 2.48. The van der Waals surface area contributed by atoms with Crippen LogP contribution < -0.4 is 4.74 Å². The lowest BCUT2D eigenvalue weighted by Gasteiger charge is -2.11. The highest BCUT2D eigenvalue weighted by Gasteiger charge is 2.27. The van der Waals surface area contributed by atoms with E-state index in [9.17, 15) is 0 Å². The molecule has 0 radical (unpaired) electrons. The van der Waals surface area contributed by atoms with E-state index in [2.05, 4.69) is 6.07 Å². The summed E-state index contributed by atoms with van der Waals surface area (Å²) in [5.41, 5.74) is 2.35. The summed E-state index contributed by atoms with van der Waals surface area (Å²) in [6.07, 6.45) is 4.35. The Hall–Kier alpha value is -1.28. The summed E-state index contributed by atoms with van der Waals surface area (Å²) in [5, 5.41) is 9.02. The highest BCUT2D eigenvalue weighted by Crippen LogP contribution is 2.44. The van der Waals surface area contributed by atoms with Gasteiger partial charge in [-0.05, 0) is 30.4 Å². The third-order valence-electron chi connectivity index (χ3n) is 2.75. The van der Waals surface area contributed by atoms with Gasteiger partial charge in [0.1, 0.15) is 5.75 Å². The number of aliphatic hydroxyl groups excluding tert-OH is 1.